The highest BCUT2D eigenvalue weighted by atomic mass is 32.2. The summed E-state index contributed by atoms with van der Waals surface area (Å²) in [5.74, 6) is -0.0370. The van der Waals surface area contributed by atoms with Crippen LogP contribution in [0.3, 0.4) is 0 Å². The Morgan fingerprint density at radius 3 is 2.04 bits per heavy atom. The first-order chi connectivity index (χ1) is 11.4. The van der Waals surface area contributed by atoms with Gasteiger partial charge in [-0.05, 0) is 41.7 Å². The van der Waals surface area contributed by atoms with Crippen molar-refractivity contribution in [2.75, 3.05) is 0 Å². The SMILES string of the molecule is CCc1ccc(CCC(=O)NCc2ccc(S(N)(=O)=O)cc2)cc1. The molecular weight excluding hydrogens is 324 g/mol. The number of hydrogen-bond donors (Lipinski definition) is 2. The molecule has 6 heteroatoms. The van der Waals surface area contributed by atoms with Crippen LogP contribution in [0.15, 0.2) is 53.4 Å². The summed E-state index contributed by atoms with van der Waals surface area (Å²) in [5, 5.41) is 7.87. The molecule has 0 aliphatic rings. The van der Waals surface area contributed by atoms with Crippen LogP contribution >= 0.6 is 0 Å². The lowest BCUT2D eigenvalue weighted by Crippen LogP contribution is -2.23. The minimum absolute atomic E-state index is 0.0370. The number of carbonyl (C=O) groups is 1. The summed E-state index contributed by atoms with van der Waals surface area (Å²) in [6, 6.07) is 14.4. The molecule has 0 bridgehead atoms. The number of primary sulfonamides is 1. The van der Waals surface area contributed by atoms with Gasteiger partial charge >= 0.3 is 0 Å². The van der Waals surface area contributed by atoms with Crippen LogP contribution < -0.4 is 10.5 Å². The summed E-state index contributed by atoms with van der Waals surface area (Å²) in [4.78, 5) is 12.0. The lowest BCUT2D eigenvalue weighted by Gasteiger charge is -2.07. The highest BCUT2D eigenvalue weighted by Crippen LogP contribution is 2.09. The van der Waals surface area contributed by atoms with Gasteiger partial charge in [0, 0.05) is 13.0 Å². The first-order valence-electron chi connectivity index (χ1n) is 7.84. The van der Waals surface area contributed by atoms with E-state index in [4.69, 9.17) is 5.14 Å². The molecule has 0 aromatic heterocycles. The van der Waals surface area contributed by atoms with Crippen molar-refractivity contribution in [3.8, 4) is 0 Å². The fraction of sp³-hybridized carbons (Fsp3) is 0.278. The maximum absolute atomic E-state index is 11.9. The Balaban J connectivity index is 1.80. The molecule has 0 saturated carbocycles. The summed E-state index contributed by atoms with van der Waals surface area (Å²) in [6.07, 6.45) is 2.12. The van der Waals surface area contributed by atoms with Crippen LogP contribution in [0.4, 0.5) is 0 Å². The highest BCUT2D eigenvalue weighted by molar-refractivity contribution is 7.89. The highest BCUT2D eigenvalue weighted by Gasteiger charge is 2.07. The van der Waals surface area contributed by atoms with Crippen molar-refractivity contribution in [2.45, 2.75) is 37.6 Å². The molecule has 5 nitrogen and oxygen atoms in total. The molecule has 2 rings (SSSR count). The normalized spacial score (nSPS) is 11.2. The lowest BCUT2D eigenvalue weighted by atomic mass is 10.1. The maximum Gasteiger partial charge on any atom is 0.238 e. The van der Waals surface area contributed by atoms with Gasteiger partial charge in [0.1, 0.15) is 0 Å². The molecule has 2 aromatic carbocycles. The number of nitrogens with one attached hydrogen (secondary N) is 1. The minimum atomic E-state index is -3.68. The van der Waals surface area contributed by atoms with Crippen molar-refractivity contribution in [1.82, 2.24) is 5.32 Å². The van der Waals surface area contributed by atoms with Crippen molar-refractivity contribution in [1.29, 1.82) is 0 Å². The van der Waals surface area contributed by atoms with E-state index in [1.165, 1.54) is 17.7 Å². The standard InChI is InChI=1S/C18H22N2O3S/c1-2-14-3-5-15(6-4-14)9-12-18(21)20-13-16-7-10-17(11-8-16)24(19,22)23/h3-8,10-11H,2,9,12-13H2,1H3,(H,20,21)(H2,19,22,23). The van der Waals surface area contributed by atoms with Crippen molar-refractivity contribution < 1.29 is 13.2 Å². The molecule has 0 aliphatic carbocycles. The Hall–Kier alpha value is -2.18. The van der Waals surface area contributed by atoms with Crippen LogP contribution in [0.25, 0.3) is 0 Å². The molecule has 0 atom stereocenters. The third-order valence-electron chi connectivity index (χ3n) is 3.81. The van der Waals surface area contributed by atoms with E-state index < -0.39 is 10.0 Å². The van der Waals surface area contributed by atoms with Gasteiger partial charge in [-0.2, -0.15) is 0 Å². The fourth-order valence-corrected chi connectivity index (χ4v) is 2.80. The molecule has 0 aliphatic heterocycles. The Labute approximate surface area is 142 Å². The first-order valence-corrected chi connectivity index (χ1v) is 9.39. The molecule has 0 heterocycles. The zero-order valence-electron chi connectivity index (χ0n) is 13.7. The Kier molecular flexibility index (Phi) is 6.11. The predicted octanol–water partition coefficient (Wildman–Crippen LogP) is 2.15. The number of amides is 1. The van der Waals surface area contributed by atoms with Gasteiger partial charge in [0.25, 0.3) is 0 Å². The van der Waals surface area contributed by atoms with Crippen LogP contribution in [-0.2, 0) is 34.2 Å². The van der Waals surface area contributed by atoms with E-state index in [0.29, 0.717) is 19.4 Å². The second-order valence-electron chi connectivity index (χ2n) is 5.64. The average molecular weight is 346 g/mol. The van der Waals surface area contributed by atoms with Crippen molar-refractivity contribution in [3.05, 3.63) is 65.2 Å². The van der Waals surface area contributed by atoms with E-state index in [1.807, 2.05) is 0 Å². The third kappa shape index (κ3) is 5.47. The number of hydrogen-bond acceptors (Lipinski definition) is 3. The average Bonchev–Trinajstić information content (AvgIpc) is 2.58. The molecule has 0 radical (unpaired) electrons. The van der Waals surface area contributed by atoms with Crippen LogP contribution in [0.2, 0.25) is 0 Å². The monoisotopic (exact) mass is 346 g/mol. The minimum Gasteiger partial charge on any atom is -0.352 e. The van der Waals surface area contributed by atoms with Crippen molar-refractivity contribution in [2.24, 2.45) is 5.14 Å². The largest absolute Gasteiger partial charge is 0.352 e. The molecule has 0 spiro atoms. The van der Waals surface area contributed by atoms with Gasteiger partial charge in [-0.15, -0.1) is 0 Å². The molecule has 0 saturated heterocycles. The molecule has 24 heavy (non-hydrogen) atoms. The van der Waals surface area contributed by atoms with E-state index in [2.05, 4.69) is 36.5 Å². The molecule has 128 valence electrons. The summed E-state index contributed by atoms with van der Waals surface area (Å²) in [5.41, 5.74) is 3.24. The molecule has 1 amide bonds. The number of rotatable bonds is 7. The number of nitrogens with two attached hydrogens (primary N) is 1. The second-order valence-corrected chi connectivity index (χ2v) is 7.20. The van der Waals surface area contributed by atoms with E-state index in [1.54, 1.807) is 12.1 Å². The van der Waals surface area contributed by atoms with E-state index in [0.717, 1.165) is 17.5 Å². The number of sulfonamides is 1. The van der Waals surface area contributed by atoms with Gasteiger partial charge in [0.2, 0.25) is 15.9 Å². The van der Waals surface area contributed by atoms with Crippen molar-refractivity contribution in [3.63, 3.8) is 0 Å². The number of carbonyl (C=O) groups excluding carboxylic acids is 1. The van der Waals surface area contributed by atoms with Crippen LogP contribution in [0.1, 0.15) is 30.0 Å². The first kappa shape index (κ1) is 18.2. The smallest absolute Gasteiger partial charge is 0.238 e. The summed E-state index contributed by atoms with van der Waals surface area (Å²) in [7, 11) is -3.68. The number of aryl methyl sites for hydroxylation is 2. The third-order valence-corrected chi connectivity index (χ3v) is 4.74. The quantitative estimate of drug-likeness (QED) is 0.805. The fourth-order valence-electron chi connectivity index (χ4n) is 2.29. The molecule has 3 N–H and O–H groups in total. The van der Waals surface area contributed by atoms with Gasteiger partial charge in [0.15, 0.2) is 0 Å². The second kappa shape index (κ2) is 8.08. The van der Waals surface area contributed by atoms with Gasteiger partial charge in [0.05, 0.1) is 4.90 Å². The van der Waals surface area contributed by atoms with Crippen LogP contribution in [0, 0.1) is 0 Å². The molecular formula is C18H22N2O3S. The van der Waals surface area contributed by atoms with E-state index >= 15 is 0 Å². The molecule has 0 unspecified atom stereocenters. The van der Waals surface area contributed by atoms with Gasteiger partial charge < -0.3 is 5.32 Å². The topological polar surface area (TPSA) is 89.3 Å². The van der Waals surface area contributed by atoms with Gasteiger partial charge in [-0.25, -0.2) is 13.6 Å². The molecule has 0 fully saturated rings. The van der Waals surface area contributed by atoms with Gasteiger partial charge in [-0.3, -0.25) is 4.79 Å². The van der Waals surface area contributed by atoms with E-state index in [-0.39, 0.29) is 10.8 Å². The lowest BCUT2D eigenvalue weighted by molar-refractivity contribution is -0.121. The van der Waals surface area contributed by atoms with Crippen LogP contribution in [-0.4, -0.2) is 14.3 Å². The van der Waals surface area contributed by atoms with Crippen molar-refractivity contribution >= 4 is 15.9 Å². The summed E-state index contributed by atoms with van der Waals surface area (Å²) in [6.45, 7) is 2.47. The summed E-state index contributed by atoms with van der Waals surface area (Å²) < 4.78 is 22.4. The predicted molar refractivity (Wildman–Crippen MR) is 93.8 cm³/mol. The zero-order valence-corrected chi connectivity index (χ0v) is 14.5. The van der Waals surface area contributed by atoms with Crippen LogP contribution in [0.5, 0.6) is 0 Å². The number of benzene rings is 2. The Morgan fingerprint density at radius 2 is 1.50 bits per heavy atom. The summed E-state index contributed by atoms with van der Waals surface area (Å²) >= 11 is 0. The van der Waals surface area contributed by atoms with E-state index in [9.17, 15) is 13.2 Å². The molecule has 2 aromatic rings. The maximum atomic E-state index is 11.9. The zero-order chi connectivity index (χ0) is 17.6. The van der Waals surface area contributed by atoms with Gasteiger partial charge in [-0.1, -0.05) is 43.3 Å². The Morgan fingerprint density at radius 1 is 0.958 bits per heavy atom. The Bertz CT molecular complexity index is 782.